The van der Waals surface area contributed by atoms with Crippen molar-refractivity contribution in [3.8, 4) is 5.88 Å². The largest absolute Gasteiger partial charge is 0.477 e. The summed E-state index contributed by atoms with van der Waals surface area (Å²) in [7, 11) is 0. The molecule has 1 fully saturated rings. The maximum atomic E-state index is 12.3. The molecule has 0 aromatic carbocycles. The van der Waals surface area contributed by atoms with Gasteiger partial charge in [0, 0.05) is 31.3 Å². The average Bonchev–Trinajstić information content (AvgIpc) is 2.46. The second kappa shape index (κ2) is 7.81. The zero-order valence-electron chi connectivity index (χ0n) is 13.9. The molecule has 1 aliphatic rings. The van der Waals surface area contributed by atoms with Crippen molar-refractivity contribution in [3.63, 3.8) is 0 Å². The summed E-state index contributed by atoms with van der Waals surface area (Å²) in [5.41, 5.74) is -0.479. The van der Waals surface area contributed by atoms with Crippen LogP contribution in [0.15, 0.2) is 12.3 Å². The third-order valence-corrected chi connectivity index (χ3v) is 3.74. The summed E-state index contributed by atoms with van der Waals surface area (Å²) >= 11 is 5.73. The fourth-order valence-corrected chi connectivity index (χ4v) is 2.70. The van der Waals surface area contributed by atoms with Gasteiger partial charge in [-0.25, -0.2) is 9.78 Å². The van der Waals surface area contributed by atoms with E-state index < -0.39 is 5.60 Å². The number of amides is 1. The molecule has 0 aliphatic carbocycles. The zero-order valence-corrected chi connectivity index (χ0v) is 14.7. The van der Waals surface area contributed by atoms with Crippen LogP contribution in [0.3, 0.4) is 0 Å². The lowest BCUT2D eigenvalue weighted by molar-refractivity contribution is 0.00738. The molecule has 128 valence electrons. The van der Waals surface area contributed by atoms with Gasteiger partial charge in [0.1, 0.15) is 5.60 Å². The summed E-state index contributed by atoms with van der Waals surface area (Å²) < 4.78 is 11.1. The minimum absolute atomic E-state index is 0.135. The van der Waals surface area contributed by atoms with Crippen LogP contribution >= 0.6 is 11.6 Å². The monoisotopic (exact) mass is 341 g/mol. The highest BCUT2D eigenvalue weighted by Crippen LogP contribution is 2.22. The molecule has 6 nitrogen and oxygen atoms in total. The molecule has 1 saturated heterocycles. The lowest BCUT2D eigenvalue weighted by Gasteiger charge is -2.36. The second-order valence-electron chi connectivity index (χ2n) is 6.62. The van der Waals surface area contributed by atoms with Gasteiger partial charge in [0.05, 0.1) is 6.61 Å². The number of hydrogen-bond acceptors (Lipinski definition) is 5. The summed E-state index contributed by atoms with van der Waals surface area (Å²) in [6, 6.07) is 1.80. The number of piperidine rings is 1. The zero-order chi connectivity index (χ0) is 16.9. The summed E-state index contributed by atoms with van der Waals surface area (Å²) in [4.78, 5) is 21.9. The first-order chi connectivity index (χ1) is 10.8. The molecular weight excluding hydrogens is 318 g/mol. The Morgan fingerprint density at radius 3 is 2.91 bits per heavy atom. The summed E-state index contributed by atoms with van der Waals surface area (Å²) in [6.07, 6.45) is 5.14. The molecule has 0 spiro atoms. The normalized spacial score (nSPS) is 18.6. The number of carbonyl (C=O) groups is 1. The quantitative estimate of drug-likeness (QED) is 0.781. The van der Waals surface area contributed by atoms with E-state index in [0.717, 1.165) is 32.2 Å². The molecule has 23 heavy (non-hydrogen) atoms. The van der Waals surface area contributed by atoms with Crippen LogP contribution in [0.4, 0.5) is 4.79 Å². The Hall–Kier alpha value is -1.56. The van der Waals surface area contributed by atoms with Crippen LogP contribution in [0.1, 0.15) is 46.5 Å². The minimum atomic E-state index is -0.479. The Bertz CT molecular complexity index is 534. The van der Waals surface area contributed by atoms with E-state index in [1.54, 1.807) is 12.3 Å². The first kappa shape index (κ1) is 17.8. The number of hydrogen-bond donors (Lipinski definition) is 0. The Kier molecular flexibility index (Phi) is 6.04. The van der Waals surface area contributed by atoms with Gasteiger partial charge in [0.25, 0.3) is 0 Å². The van der Waals surface area contributed by atoms with Crippen LogP contribution in [-0.4, -0.2) is 45.8 Å². The minimum Gasteiger partial charge on any atom is -0.477 e. The smallest absolute Gasteiger partial charge is 0.410 e. The Morgan fingerprint density at radius 2 is 2.22 bits per heavy atom. The Balaban J connectivity index is 1.87. The van der Waals surface area contributed by atoms with Crippen molar-refractivity contribution in [2.45, 2.75) is 58.1 Å². The van der Waals surface area contributed by atoms with Crippen molar-refractivity contribution in [1.82, 2.24) is 14.9 Å². The van der Waals surface area contributed by atoms with Crippen molar-refractivity contribution >= 4 is 17.7 Å². The third kappa shape index (κ3) is 5.86. The van der Waals surface area contributed by atoms with Crippen molar-refractivity contribution in [1.29, 1.82) is 0 Å². The van der Waals surface area contributed by atoms with Crippen LogP contribution < -0.4 is 4.74 Å². The first-order valence-electron chi connectivity index (χ1n) is 7.96. The lowest BCUT2D eigenvalue weighted by Crippen LogP contribution is -2.46. The number of rotatable bonds is 4. The lowest BCUT2D eigenvalue weighted by atomic mass is 10.0. The first-order valence-corrected chi connectivity index (χ1v) is 8.34. The van der Waals surface area contributed by atoms with E-state index in [1.807, 2.05) is 25.7 Å². The second-order valence-corrected chi connectivity index (χ2v) is 6.96. The topological polar surface area (TPSA) is 64.5 Å². The van der Waals surface area contributed by atoms with Gasteiger partial charge in [-0.3, -0.25) is 0 Å². The van der Waals surface area contributed by atoms with Crippen molar-refractivity contribution in [2.24, 2.45) is 0 Å². The summed E-state index contributed by atoms with van der Waals surface area (Å²) in [6.45, 7) is 6.85. The van der Waals surface area contributed by atoms with Gasteiger partial charge in [-0.2, -0.15) is 4.98 Å². The van der Waals surface area contributed by atoms with Crippen LogP contribution in [0, 0.1) is 0 Å². The van der Waals surface area contributed by atoms with Gasteiger partial charge in [0.2, 0.25) is 11.2 Å². The molecule has 2 rings (SSSR count). The van der Waals surface area contributed by atoms with E-state index in [0.29, 0.717) is 12.5 Å². The summed E-state index contributed by atoms with van der Waals surface area (Å²) in [5.74, 6) is 0.449. The summed E-state index contributed by atoms with van der Waals surface area (Å²) in [5, 5.41) is 0.163. The molecule has 7 heteroatoms. The fourth-order valence-electron chi connectivity index (χ4n) is 2.56. The van der Waals surface area contributed by atoms with E-state index in [1.165, 1.54) is 0 Å². The van der Waals surface area contributed by atoms with Crippen LogP contribution in [-0.2, 0) is 4.74 Å². The van der Waals surface area contributed by atoms with Gasteiger partial charge in [-0.1, -0.05) is 0 Å². The molecule has 1 aromatic rings. The highest BCUT2D eigenvalue weighted by atomic mass is 35.5. The molecule has 0 radical (unpaired) electrons. The highest BCUT2D eigenvalue weighted by molar-refractivity contribution is 6.28. The molecule has 0 bridgehead atoms. The van der Waals surface area contributed by atoms with E-state index in [-0.39, 0.29) is 17.4 Å². The average molecular weight is 342 g/mol. The number of ether oxygens (including phenoxy) is 2. The molecule has 0 N–H and O–H groups in total. The number of halogens is 1. The Morgan fingerprint density at radius 1 is 1.43 bits per heavy atom. The SMILES string of the molecule is CC(C)(C)OC(=O)N1CCCCC1CCOc1ccnc(Cl)n1. The number of likely N-dealkylation sites (tertiary alicyclic amines) is 1. The maximum Gasteiger partial charge on any atom is 0.410 e. The van der Waals surface area contributed by atoms with Crippen molar-refractivity contribution < 1.29 is 14.3 Å². The molecule has 1 aliphatic heterocycles. The van der Waals surface area contributed by atoms with E-state index in [4.69, 9.17) is 21.1 Å². The molecule has 1 amide bonds. The van der Waals surface area contributed by atoms with Gasteiger partial charge < -0.3 is 14.4 Å². The Labute approximate surface area is 142 Å². The van der Waals surface area contributed by atoms with Crippen LogP contribution in [0.25, 0.3) is 0 Å². The van der Waals surface area contributed by atoms with Crippen molar-refractivity contribution in [3.05, 3.63) is 17.5 Å². The fraction of sp³-hybridized carbons (Fsp3) is 0.688. The van der Waals surface area contributed by atoms with Gasteiger partial charge >= 0.3 is 6.09 Å². The van der Waals surface area contributed by atoms with Crippen molar-refractivity contribution in [2.75, 3.05) is 13.2 Å². The number of nitrogens with zero attached hydrogens (tertiary/aromatic N) is 3. The van der Waals surface area contributed by atoms with Gasteiger partial charge in [-0.05, 0) is 51.6 Å². The van der Waals surface area contributed by atoms with Crippen LogP contribution in [0.5, 0.6) is 5.88 Å². The van der Waals surface area contributed by atoms with Gasteiger partial charge in [-0.15, -0.1) is 0 Å². The molecule has 1 aromatic heterocycles. The number of aromatic nitrogens is 2. The molecule has 1 unspecified atom stereocenters. The number of carbonyl (C=O) groups excluding carboxylic acids is 1. The third-order valence-electron chi connectivity index (χ3n) is 3.56. The molecule has 0 saturated carbocycles. The van der Waals surface area contributed by atoms with Gasteiger partial charge in [0.15, 0.2) is 0 Å². The molecule has 1 atom stereocenters. The van der Waals surface area contributed by atoms with E-state index >= 15 is 0 Å². The predicted molar refractivity (Wildman–Crippen MR) is 87.7 cm³/mol. The molecular formula is C16H24ClN3O3. The molecule has 2 heterocycles. The standard InChI is InChI=1S/C16H24ClN3O3/c1-16(2,3)23-15(21)20-10-5-4-6-12(20)8-11-22-13-7-9-18-14(17)19-13/h7,9,12H,4-6,8,10-11H2,1-3H3. The van der Waals surface area contributed by atoms with E-state index in [9.17, 15) is 4.79 Å². The predicted octanol–water partition coefficient (Wildman–Crippen LogP) is 3.69. The van der Waals surface area contributed by atoms with Crippen LogP contribution in [0.2, 0.25) is 5.28 Å². The highest BCUT2D eigenvalue weighted by Gasteiger charge is 2.30. The maximum absolute atomic E-state index is 12.3. The van der Waals surface area contributed by atoms with E-state index in [2.05, 4.69) is 9.97 Å².